The number of fused-ring (bicyclic) bond motifs is 3. The third-order valence-corrected chi connectivity index (χ3v) is 9.10. The first-order valence-electron chi connectivity index (χ1n) is 14.6. The average Bonchev–Trinajstić information content (AvgIpc) is 3.52. The molecule has 0 radical (unpaired) electrons. The van der Waals surface area contributed by atoms with Gasteiger partial charge in [0.25, 0.3) is 0 Å². The Labute approximate surface area is 246 Å². The number of nitrogens with zero attached hydrogens (tertiary/aromatic N) is 5. The third-order valence-electron chi connectivity index (χ3n) is 9.10. The van der Waals surface area contributed by atoms with E-state index in [1.807, 2.05) is 6.92 Å². The molecule has 43 heavy (non-hydrogen) atoms. The molecule has 5 heterocycles. The Morgan fingerprint density at radius 1 is 1.23 bits per heavy atom. The summed E-state index contributed by atoms with van der Waals surface area (Å²) in [5.41, 5.74) is -0.518. The van der Waals surface area contributed by atoms with E-state index in [1.165, 1.54) is 30.5 Å². The molecule has 3 fully saturated rings. The SMILES string of the molecule is C#Cc1c(F)ccc2cc(O)cc(-c3ncc4c(N5CCNC[C@@H]5C)nc(OC[C@@]56CCCN5C[C@H](F)C6)nc4c3F)c12. The van der Waals surface area contributed by atoms with Gasteiger partial charge in [-0.25, -0.2) is 13.2 Å². The van der Waals surface area contributed by atoms with Crippen LogP contribution in [0.25, 0.3) is 32.9 Å². The number of anilines is 1. The summed E-state index contributed by atoms with van der Waals surface area (Å²) in [4.78, 5) is 17.9. The minimum Gasteiger partial charge on any atom is -0.508 e. The molecular weight excluding hydrogens is 557 g/mol. The fourth-order valence-electron chi connectivity index (χ4n) is 7.05. The molecule has 2 aromatic carbocycles. The van der Waals surface area contributed by atoms with Crippen LogP contribution in [0.15, 0.2) is 30.5 Å². The van der Waals surface area contributed by atoms with Crippen LogP contribution in [0, 0.1) is 24.0 Å². The third kappa shape index (κ3) is 4.60. The molecule has 2 N–H and O–H groups in total. The van der Waals surface area contributed by atoms with Gasteiger partial charge in [0.15, 0.2) is 5.82 Å². The van der Waals surface area contributed by atoms with Gasteiger partial charge in [-0.1, -0.05) is 12.0 Å². The van der Waals surface area contributed by atoms with Crippen LogP contribution in [0.4, 0.5) is 19.0 Å². The summed E-state index contributed by atoms with van der Waals surface area (Å²) < 4.78 is 52.0. The van der Waals surface area contributed by atoms with Gasteiger partial charge in [-0.15, -0.1) is 6.42 Å². The van der Waals surface area contributed by atoms with E-state index in [2.05, 4.69) is 31.0 Å². The number of rotatable bonds is 5. The van der Waals surface area contributed by atoms with Gasteiger partial charge >= 0.3 is 6.01 Å². The van der Waals surface area contributed by atoms with E-state index in [0.717, 1.165) is 19.4 Å². The smallest absolute Gasteiger partial charge is 0.319 e. The molecular formula is C32H31F3N6O2. The highest BCUT2D eigenvalue weighted by molar-refractivity contribution is 6.03. The van der Waals surface area contributed by atoms with E-state index in [1.54, 1.807) is 0 Å². The molecule has 0 spiro atoms. The van der Waals surface area contributed by atoms with E-state index in [0.29, 0.717) is 49.2 Å². The molecule has 222 valence electrons. The Balaban J connectivity index is 1.39. The first-order chi connectivity index (χ1) is 20.8. The number of aromatic hydroxyl groups is 1. The van der Waals surface area contributed by atoms with Crippen molar-refractivity contribution in [3.63, 3.8) is 0 Å². The summed E-state index contributed by atoms with van der Waals surface area (Å²) in [5.74, 6) is 1.28. The number of terminal acetylenes is 1. The minimum absolute atomic E-state index is 0.0102. The number of hydrogen-bond acceptors (Lipinski definition) is 8. The van der Waals surface area contributed by atoms with Gasteiger partial charge < -0.3 is 20.1 Å². The van der Waals surface area contributed by atoms with Gasteiger partial charge in [0.2, 0.25) is 0 Å². The van der Waals surface area contributed by atoms with Gasteiger partial charge in [-0.3, -0.25) is 9.88 Å². The molecule has 0 saturated carbocycles. The Morgan fingerprint density at radius 3 is 2.91 bits per heavy atom. The highest BCUT2D eigenvalue weighted by Crippen LogP contribution is 2.42. The van der Waals surface area contributed by atoms with Crippen molar-refractivity contribution in [2.24, 2.45) is 0 Å². The number of nitrogens with one attached hydrogen (secondary N) is 1. The van der Waals surface area contributed by atoms with Gasteiger partial charge in [0.1, 0.15) is 41.4 Å². The fourth-order valence-corrected chi connectivity index (χ4v) is 7.05. The number of ether oxygens (including phenoxy) is 1. The number of aromatic nitrogens is 3. The number of phenols is 1. The van der Waals surface area contributed by atoms with Gasteiger partial charge in [-0.05, 0) is 49.9 Å². The highest BCUT2D eigenvalue weighted by atomic mass is 19.1. The first kappa shape index (κ1) is 27.7. The number of pyridine rings is 1. The summed E-state index contributed by atoms with van der Waals surface area (Å²) in [6.45, 7) is 5.48. The number of halogens is 3. The lowest BCUT2D eigenvalue weighted by Gasteiger charge is -2.35. The van der Waals surface area contributed by atoms with E-state index in [4.69, 9.17) is 16.1 Å². The summed E-state index contributed by atoms with van der Waals surface area (Å²) in [6, 6.07) is 5.48. The zero-order chi connectivity index (χ0) is 29.9. The molecule has 0 aliphatic carbocycles. The lowest BCUT2D eigenvalue weighted by molar-refractivity contribution is 0.107. The minimum atomic E-state index is -0.917. The molecule has 0 bridgehead atoms. The van der Waals surface area contributed by atoms with E-state index in [9.17, 15) is 13.9 Å². The standard InChI is InChI=1S/C32H31F3N6O2/c1-3-22-25(34)6-5-19-11-21(42)12-23(26(19)22)28-27(35)29-24(15-37-28)30(41-10-8-36-14-18(41)2)39-31(38-29)43-17-32-7-4-9-40(32)16-20(33)13-32/h1,5-6,11-12,15,18,20,36,42H,4,7-10,13-14,16-17H2,2H3/t18-,20+,32-/m0/s1. The molecule has 3 aliphatic heterocycles. The van der Waals surface area contributed by atoms with Crippen LogP contribution in [-0.2, 0) is 0 Å². The molecule has 11 heteroatoms. The Hall–Kier alpha value is -4.14. The Bertz CT molecular complexity index is 1800. The summed E-state index contributed by atoms with van der Waals surface area (Å²) in [6.07, 6.45) is 8.38. The topological polar surface area (TPSA) is 86.6 Å². The van der Waals surface area contributed by atoms with Crippen molar-refractivity contribution in [2.45, 2.75) is 43.9 Å². The summed E-state index contributed by atoms with van der Waals surface area (Å²) in [5, 5.41) is 14.9. The van der Waals surface area contributed by atoms with Crippen molar-refractivity contribution in [3.8, 4) is 35.4 Å². The van der Waals surface area contributed by atoms with Crippen LogP contribution in [-0.4, -0.2) is 82.0 Å². The van der Waals surface area contributed by atoms with E-state index >= 15 is 4.39 Å². The van der Waals surface area contributed by atoms with E-state index in [-0.39, 0.29) is 52.1 Å². The molecule has 0 unspecified atom stereocenters. The Kier molecular flexibility index (Phi) is 6.78. The summed E-state index contributed by atoms with van der Waals surface area (Å²) in [7, 11) is 0. The summed E-state index contributed by atoms with van der Waals surface area (Å²) >= 11 is 0. The normalized spacial score (nSPS) is 24.0. The fraction of sp³-hybridized carbons (Fsp3) is 0.406. The molecule has 3 atom stereocenters. The monoisotopic (exact) mass is 588 g/mol. The van der Waals surface area contributed by atoms with Crippen LogP contribution >= 0.6 is 0 Å². The second-order valence-corrected chi connectivity index (χ2v) is 11.8. The second-order valence-electron chi connectivity index (χ2n) is 11.8. The van der Waals surface area contributed by atoms with Crippen molar-refractivity contribution < 1.29 is 23.0 Å². The number of alkyl halides is 1. The molecule has 2 aromatic heterocycles. The molecule has 3 aliphatic rings. The molecule has 7 rings (SSSR count). The predicted octanol–water partition coefficient (Wildman–Crippen LogP) is 4.56. The van der Waals surface area contributed by atoms with Gasteiger partial charge in [0.05, 0.1) is 16.5 Å². The van der Waals surface area contributed by atoms with Gasteiger partial charge in [-0.2, -0.15) is 9.97 Å². The highest BCUT2D eigenvalue weighted by Gasteiger charge is 2.49. The predicted molar refractivity (Wildman–Crippen MR) is 158 cm³/mol. The number of piperazine rings is 1. The maximum atomic E-state index is 16.7. The molecule has 4 aromatic rings. The van der Waals surface area contributed by atoms with Gasteiger partial charge in [0, 0.05) is 55.8 Å². The number of hydrogen-bond donors (Lipinski definition) is 2. The maximum absolute atomic E-state index is 16.7. The first-order valence-corrected chi connectivity index (χ1v) is 14.6. The van der Waals surface area contributed by atoms with E-state index < -0.39 is 23.3 Å². The van der Waals surface area contributed by atoms with Crippen LogP contribution < -0.4 is 15.0 Å². The molecule has 8 nitrogen and oxygen atoms in total. The average molecular weight is 589 g/mol. The van der Waals surface area contributed by atoms with Crippen molar-refractivity contribution in [1.29, 1.82) is 0 Å². The van der Waals surface area contributed by atoms with Crippen LogP contribution in [0.3, 0.4) is 0 Å². The number of benzene rings is 2. The Morgan fingerprint density at radius 2 is 2.09 bits per heavy atom. The van der Waals surface area contributed by atoms with Crippen molar-refractivity contribution in [3.05, 3.63) is 47.7 Å². The zero-order valence-corrected chi connectivity index (χ0v) is 23.7. The quantitative estimate of drug-likeness (QED) is 0.328. The van der Waals surface area contributed by atoms with Crippen LogP contribution in [0.5, 0.6) is 11.8 Å². The van der Waals surface area contributed by atoms with Crippen molar-refractivity contribution in [1.82, 2.24) is 25.2 Å². The molecule has 0 amide bonds. The molecule has 3 saturated heterocycles. The van der Waals surface area contributed by atoms with Crippen molar-refractivity contribution in [2.75, 3.05) is 44.2 Å². The number of phenolic OH excluding ortho intramolecular Hbond substituents is 1. The lowest BCUT2D eigenvalue weighted by Crippen LogP contribution is -2.50. The largest absolute Gasteiger partial charge is 0.508 e. The van der Waals surface area contributed by atoms with Crippen LogP contribution in [0.2, 0.25) is 0 Å². The maximum Gasteiger partial charge on any atom is 0.319 e. The van der Waals surface area contributed by atoms with Crippen LogP contribution in [0.1, 0.15) is 31.7 Å². The lowest BCUT2D eigenvalue weighted by atomic mass is 9.95. The second kappa shape index (κ2) is 10.5. The van der Waals surface area contributed by atoms with Crippen molar-refractivity contribution >= 4 is 27.5 Å². The zero-order valence-electron chi connectivity index (χ0n) is 23.7.